The van der Waals surface area contributed by atoms with Crippen LogP contribution in [0, 0.1) is 17.8 Å². The zero-order chi connectivity index (χ0) is 13.3. The molecule has 1 amide bonds. The first kappa shape index (κ1) is 14.2. The molecular formula is C14H26N2OS. The van der Waals surface area contributed by atoms with Crippen LogP contribution in [-0.4, -0.2) is 41.9 Å². The van der Waals surface area contributed by atoms with Gasteiger partial charge in [0.1, 0.15) is 0 Å². The summed E-state index contributed by atoms with van der Waals surface area (Å²) in [6.07, 6.45) is 6.76. The number of carbonyl (C=O) groups is 1. The first-order valence-electron chi connectivity index (χ1n) is 7.11. The number of hydrogen-bond donors (Lipinski definition) is 1. The Labute approximate surface area is 115 Å². The van der Waals surface area contributed by atoms with Gasteiger partial charge in [0.05, 0.1) is 5.92 Å². The van der Waals surface area contributed by atoms with Gasteiger partial charge in [0.2, 0.25) is 5.91 Å². The minimum absolute atomic E-state index is 0.102. The Morgan fingerprint density at radius 1 is 1.44 bits per heavy atom. The lowest BCUT2D eigenvalue weighted by Gasteiger charge is -2.34. The van der Waals surface area contributed by atoms with E-state index in [2.05, 4.69) is 13.2 Å². The average Bonchev–Trinajstić information content (AvgIpc) is 2.95. The second-order valence-corrected chi connectivity index (χ2v) is 6.81. The highest BCUT2D eigenvalue weighted by molar-refractivity contribution is 7.98. The van der Waals surface area contributed by atoms with E-state index >= 15 is 0 Å². The van der Waals surface area contributed by atoms with E-state index < -0.39 is 0 Å². The molecule has 0 aromatic heterocycles. The maximum absolute atomic E-state index is 12.7. The van der Waals surface area contributed by atoms with Crippen LogP contribution in [0.15, 0.2) is 0 Å². The van der Waals surface area contributed by atoms with Crippen molar-refractivity contribution >= 4 is 17.7 Å². The van der Waals surface area contributed by atoms with Crippen LogP contribution in [-0.2, 0) is 4.79 Å². The van der Waals surface area contributed by atoms with Crippen LogP contribution in [0.5, 0.6) is 0 Å². The molecule has 0 aliphatic heterocycles. The first-order valence-corrected chi connectivity index (χ1v) is 8.50. The van der Waals surface area contributed by atoms with Crippen molar-refractivity contribution in [1.29, 1.82) is 0 Å². The van der Waals surface area contributed by atoms with Gasteiger partial charge in [-0.25, -0.2) is 0 Å². The van der Waals surface area contributed by atoms with Crippen LogP contribution in [0.25, 0.3) is 0 Å². The summed E-state index contributed by atoms with van der Waals surface area (Å²) < 4.78 is 0. The summed E-state index contributed by atoms with van der Waals surface area (Å²) in [7, 11) is 1.96. The molecule has 2 fully saturated rings. The van der Waals surface area contributed by atoms with E-state index in [0.717, 1.165) is 12.2 Å². The summed E-state index contributed by atoms with van der Waals surface area (Å²) in [5, 5.41) is 0. The van der Waals surface area contributed by atoms with Gasteiger partial charge in [-0.15, -0.1) is 0 Å². The third-order valence-electron chi connectivity index (χ3n) is 4.99. The SMILES string of the molecule is CCC(CSC)N(C)C(=O)C1C2CCC(C2)C1N. The Morgan fingerprint density at radius 2 is 2.11 bits per heavy atom. The fourth-order valence-corrected chi connectivity index (χ4v) is 4.66. The quantitative estimate of drug-likeness (QED) is 0.830. The normalized spacial score (nSPS) is 35.8. The largest absolute Gasteiger partial charge is 0.342 e. The van der Waals surface area contributed by atoms with E-state index in [-0.39, 0.29) is 12.0 Å². The molecule has 0 saturated heterocycles. The fraction of sp³-hybridized carbons (Fsp3) is 0.929. The molecule has 0 radical (unpaired) electrons. The summed E-state index contributed by atoms with van der Waals surface area (Å²) in [5.74, 6) is 2.60. The predicted octanol–water partition coefficient (Wildman–Crippen LogP) is 1.96. The summed E-state index contributed by atoms with van der Waals surface area (Å²) >= 11 is 1.81. The predicted molar refractivity (Wildman–Crippen MR) is 77.5 cm³/mol. The monoisotopic (exact) mass is 270 g/mol. The molecule has 5 atom stereocenters. The molecule has 18 heavy (non-hydrogen) atoms. The van der Waals surface area contributed by atoms with Crippen molar-refractivity contribution in [3.63, 3.8) is 0 Å². The van der Waals surface area contributed by atoms with E-state index in [0.29, 0.717) is 23.8 Å². The number of thioether (sulfide) groups is 1. The zero-order valence-electron chi connectivity index (χ0n) is 11.8. The van der Waals surface area contributed by atoms with Crippen LogP contribution < -0.4 is 5.73 Å². The highest BCUT2D eigenvalue weighted by Gasteiger charge is 2.50. The molecule has 2 aliphatic rings. The Morgan fingerprint density at radius 3 is 2.61 bits per heavy atom. The maximum Gasteiger partial charge on any atom is 0.227 e. The van der Waals surface area contributed by atoms with Crippen LogP contribution in [0.1, 0.15) is 32.6 Å². The lowest BCUT2D eigenvalue weighted by atomic mass is 9.84. The van der Waals surface area contributed by atoms with Crippen molar-refractivity contribution in [2.24, 2.45) is 23.5 Å². The summed E-state index contributed by atoms with van der Waals surface area (Å²) in [4.78, 5) is 14.6. The van der Waals surface area contributed by atoms with Crippen molar-refractivity contribution in [2.45, 2.75) is 44.7 Å². The Hall–Kier alpha value is -0.220. The molecule has 5 unspecified atom stereocenters. The van der Waals surface area contributed by atoms with Gasteiger partial charge >= 0.3 is 0 Å². The fourth-order valence-electron chi connectivity index (χ4n) is 3.81. The molecule has 2 aliphatic carbocycles. The van der Waals surface area contributed by atoms with Gasteiger partial charge in [-0.1, -0.05) is 6.92 Å². The molecule has 104 valence electrons. The Bertz CT molecular complexity index is 308. The maximum atomic E-state index is 12.7. The van der Waals surface area contributed by atoms with Gasteiger partial charge in [-0.3, -0.25) is 4.79 Å². The molecular weight excluding hydrogens is 244 g/mol. The molecule has 0 heterocycles. The lowest BCUT2D eigenvalue weighted by molar-refractivity contribution is -0.138. The van der Waals surface area contributed by atoms with Crippen molar-refractivity contribution in [2.75, 3.05) is 19.1 Å². The number of carbonyl (C=O) groups excluding carboxylic acids is 1. The number of amides is 1. The number of hydrogen-bond acceptors (Lipinski definition) is 3. The third kappa shape index (κ3) is 2.42. The van der Waals surface area contributed by atoms with Crippen molar-refractivity contribution in [3.8, 4) is 0 Å². The first-order chi connectivity index (χ1) is 8.60. The average molecular weight is 270 g/mol. The Balaban J connectivity index is 2.02. The van der Waals surface area contributed by atoms with E-state index in [9.17, 15) is 4.79 Å². The van der Waals surface area contributed by atoms with E-state index in [1.807, 2.05) is 23.7 Å². The molecule has 4 heteroatoms. The number of nitrogens with two attached hydrogens (primary N) is 1. The summed E-state index contributed by atoms with van der Waals surface area (Å²) in [5.41, 5.74) is 6.27. The molecule has 0 spiro atoms. The van der Waals surface area contributed by atoms with Crippen LogP contribution in [0.3, 0.4) is 0 Å². The molecule has 0 aromatic carbocycles. The molecule has 0 aromatic rings. The van der Waals surface area contributed by atoms with E-state index in [4.69, 9.17) is 5.73 Å². The van der Waals surface area contributed by atoms with Gasteiger partial charge in [0.25, 0.3) is 0 Å². The third-order valence-corrected chi connectivity index (χ3v) is 5.71. The minimum Gasteiger partial charge on any atom is -0.342 e. The second kappa shape index (κ2) is 5.83. The second-order valence-electron chi connectivity index (χ2n) is 5.90. The van der Waals surface area contributed by atoms with E-state index in [1.165, 1.54) is 19.3 Å². The topological polar surface area (TPSA) is 46.3 Å². The highest BCUT2D eigenvalue weighted by Crippen LogP contribution is 2.48. The smallest absolute Gasteiger partial charge is 0.227 e. The standard InChI is InChI=1S/C14H26N2OS/c1-4-11(8-18-3)16(2)14(17)12-9-5-6-10(7-9)13(12)15/h9-13H,4-8,15H2,1-3H3. The van der Waals surface area contributed by atoms with Crippen LogP contribution in [0.4, 0.5) is 0 Å². The van der Waals surface area contributed by atoms with Crippen molar-refractivity contribution < 1.29 is 4.79 Å². The molecule has 3 nitrogen and oxygen atoms in total. The minimum atomic E-state index is 0.102. The van der Waals surface area contributed by atoms with Gasteiger partial charge in [0.15, 0.2) is 0 Å². The van der Waals surface area contributed by atoms with E-state index in [1.54, 1.807) is 0 Å². The van der Waals surface area contributed by atoms with Gasteiger partial charge in [-0.05, 0) is 43.8 Å². The molecule has 2 rings (SSSR count). The van der Waals surface area contributed by atoms with Crippen molar-refractivity contribution in [3.05, 3.63) is 0 Å². The van der Waals surface area contributed by atoms with Crippen molar-refractivity contribution in [1.82, 2.24) is 4.90 Å². The zero-order valence-corrected chi connectivity index (χ0v) is 12.6. The van der Waals surface area contributed by atoms with Crippen LogP contribution in [0.2, 0.25) is 0 Å². The molecule has 2 saturated carbocycles. The van der Waals surface area contributed by atoms with Gasteiger partial charge in [0, 0.05) is 24.9 Å². The van der Waals surface area contributed by atoms with Gasteiger partial charge in [-0.2, -0.15) is 11.8 Å². The Kier molecular flexibility index (Phi) is 4.59. The number of nitrogens with zero attached hydrogens (tertiary/aromatic N) is 1. The number of rotatable bonds is 5. The summed E-state index contributed by atoms with van der Waals surface area (Å²) in [6, 6.07) is 0.476. The van der Waals surface area contributed by atoms with Gasteiger partial charge < -0.3 is 10.6 Å². The van der Waals surface area contributed by atoms with Crippen LogP contribution >= 0.6 is 11.8 Å². The number of fused-ring (bicyclic) bond motifs is 2. The lowest BCUT2D eigenvalue weighted by Crippen LogP contribution is -2.49. The molecule has 2 bridgehead atoms. The highest BCUT2D eigenvalue weighted by atomic mass is 32.2. The molecule has 2 N–H and O–H groups in total. The summed E-state index contributed by atoms with van der Waals surface area (Å²) in [6.45, 7) is 2.16.